The molecule has 3 amide bonds. The number of amides is 3. The molecule has 7 nitrogen and oxygen atoms in total. The number of primary amides is 1. The fourth-order valence-corrected chi connectivity index (χ4v) is 3.14. The topological polar surface area (TPSA) is 99.5 Å². The van der Waals surface area contributed by atoms with E-state index in [1.807, 2.05) is 0 Å². The summed E-state index contributed by atoms with van der Waals surface area (Å²) in [6, 6.07) is -0.0404. The van der Waals surface area contributed by atoms with Gasteiger partial charge in [-0.1, -0.05) is 0 Å². The SMILES string of the molecule is NC(=O)NCCNC(=O)C1CCCN1C1CCNCC1. The molecule has 2 aliphatic heterocycles. The van der Waals surface area contributed by atoms with Gasteiger partial charge in [-0.25, -0.2) is 4.79 Å². The Kier molecular flexibility index (Phi) is 5.60. The molecule has 0 aromatic rings. The van der Waals surface area contributed by atoms with Crippen LogP contribution in [0, 0.1) is 0 Å². The zero-order valence-electron chi connectivity index (χ0n) is 11.9. The second-order valence-electron chi connectivity index (χ2n) is 5.46. The Morgan fingerprint density at radius 3 is 2.55 bits per heavy atom. The summed E-state index contributed by atoms with van der Waals surface area (Å²) < 4.78 is 0. The summed E-state index contributed by atoms with van der Waals surface area (Å²) in [5.74, 6) is 0.0762. The first-order valence-electron chi connectivity index (χ1n) is 7.46. The van der Waals surface area contributed by atoms with Crippen LogP contribution in [-0.4, -0.2) is 61.6 Å². The number of nitrogens with two attached hydrogens (primary N) is 1. The second kappa shape index (κ2) is 7.44. The van der Waals surface area contributed by atoms with E-state index in [1.165, 1.54) is 0 Å². The van der Waals surface area contributed by atoms with Crippen molar-refractivity contribution < 1.29 is 9.59 Å². The number of hydrogen-bond acceptors (Lipinski definition) is 4. The van der Waals surface area contributed by atoms with Gasteiger partial charge in [0, 0.05) is 19.1 Å². The molecule has 2 aliphatic rings. The fraction of sp³-hybridized carbons (Fsp3) is 0.846. The Hall–Kier alpha value is -1.34. The van der Waals surface area contributed by atoms with Crippen LogP contribution in [0.4, 0.5) is 4.79 Å². The number of rotatable bonds is 5. The number of urea groups is 1. The minimum Gasteiger partial charge on any atom is -0.353 e. The van der Waals surface area contributed by atoms with Crippen LogP contribution in [0.5, 0.6) is 0 Å². The van der Waals surface area contributed by atoms with Crippen molar-refractivity contribution in [3.63, 3.8) is 0 Å². The van der Waals surface area contributed by atoms with Crippen molar-refractivity contribution in [3.05, 3.63) is 0 Å². The Morgan fingerprint density at radius 2 is 1.85 bits per heavy atom. The summed E-state index contributed by atoms with van der Waals surface area (Å²) in [5, 5.41) is 8.71. The molecule has 1 unspecified atom stereocenters. The van der Waals surface area contributed by atoms with Crippen LogP contribution in [-0.2, 0) is 4.79 Å². The van der Waals surface area contributed by atoms with Crippen molar-refractivity contribution in [1.82, 2.24) is 20.9 Å². The minimum atomic E-state index is -0.559. The average molecular weight is 283 g/mol. The van der Waals surface area contributed by atoms with Crippen LogP contribution in [0.1, 0.15) is 25.7 Å². The molecule has 0 bridgehead atoms. The first-order valence-corrected chi connectivity index (χ1v) is 7.46. The highest BCUT2D eigenvalue weighted by molar-refractivity contribution is 5.82. The van der Waals surface area contributed by atoms with Crippen LogP contribution < -0.4 is 21.7 Å². The van der Waals surface area contributed by atoms with E-state index in [4.69, 9.17) is 5.73 Å². The van der Waals surface area contributed by atoms with Gasteiger partial charge < -0.3 is 21.7 Å². The van der Waals surface area contributed by atoms with Crippen LogP contribution in [0.25, 0.3) is 0 Å². The second-order valence-corrected chi connectivity index (χ2v) is 5.46. The van der Waals surface area contributed by atoms with E-state index in [2.05, 4.69) is 20.9 Å². The third kappa shape index (κ3) is 4.08. The zero-order chi connectivity index (χ0) is 14.4. The van der Waals surface area contributed by atoms with Gasteiger partial charge in [0.1, 0.15) is 0 Å². The van der Waals surface area contributed by atoms with Crippen LogP contribution >= 0.6 is 0 Å². The Morgan fingerprint density at radius 1 is 1.15 bits per heavy atom. The molecule has 2 heterocycles. The van der Waals surface area contributed by atoms with E-state index in [9.17, 15) is 9.59 Å². The van der Waals surface area contributed by atoms with Gasteiger partial charge in [0.15, 0.2) is 0 Å². The largest absolute Gasteiger partial charge is 0.353 e. The molecular weight excluding hydrogens is 258 g/mol. The van der Waals surface area contributed by atoms with Gasteiger partial charge in [-0.2, -0.15) is 0 Å². The number of piperidine rings is 1. The molecule has 5 N–H and O–H groups in total. The summed E-state index contributed by atoms with van der Waals surface area (Å²) in [7, 11) is 0. The quantitative estimate of drug-likeness (QED) is 0.486. The standard InChI is InChI=1S/C13H25N5O2/c14-13(20)17-8-7-16-12(19)11-2-1-9-18(11)10-3-5-15-6-4-10/h10-11,15H,1-9H2,(H,16,19)(H3,14,17,20). The lowest BCUT2D eigenvalue weighted by Crippen LogP contribution is -2.51. The maximum Gasteiger partial charge on any atom is 0.312 e. The number of hydrogen-bond donors (Lipinski definition) is 4. The molecule has 20 heavy (non-hydrogen) atoms. The minimum absolute atomic E-state index is 0.00771. The first-order chi connectivity index (χ1) is 9.68. The van der Waals surface area contributed by atoms with Crippen LogP contribution in [0.15, 0.2) is 0 Å². The summed E-state index contributed by atoms with van der Waals surface area (Å²) in [6.45, 7) is 3.90. The Balaban J connectivity index is 1.77. The lowest BCUT2D eigenvalue weighted by molar-refractivity contribution is -0.126. The van der Waals surface area contributed by atoms with Gasteiger partial charge in [0.05, 0.1) is 6.04 Å². The molecule has 0 aliphatic carbocycles. The molecule has 2 rings (SSSR count). The van der Waals surface area contributed by atoms with Gasteiger partial charge in [-0.3, -0.25) is 9.69 Å². The maximum absolute atomic E-state index is 12.2. The number of carbonyl (C=O) groups excluding carboxylic acids is 2. The summed E-state index contributed by atoms with van der Waals surface area (Å²) in [6.07, 6.45) is 4.25. The fourth-order valence-electron chi connectivity index (χ4n) is 3.14. The molecule has 0 radical (unpaired) electrons. The number of carbonyl (C=O) groups is 2. The number of nitrogens with one attached hydrogen (secondary N) is 3. The number of likely N-dealkylation sites (tertiary alicyclic amines) is 1. The summed E-state index contributed by atoms with van der Waals surface area (Å²) >= 11 is 0. The van der Waals surface area contributed by atoms with E-state index in [-0.39, 0.29) is 11.9 Å². The lowest BCUT2D eigenvalue weighted by atomic mass is 10.0. The molecule has 2 saturated heterocycles. The van der Waals surface area contributed by atoms with Crippen molar-refractivity contribution >= 4 is 11.9 Å². The Bertz CT molecular complexity index is 344. The van der Waals surface area contributed by atoms with Crippen molar-refractivity contribution in [2.75, 3.05) is 32.7 Å². The van der Waals surface area contributed by atoms with E-state index in [0.717, 1.165) is 45.3 Å². The predicted molar refractivity (Wildman–Crippen MR) is 76.2 cm³/mol. The highest BCUT2D eigenvalue weighted by atomic mass is 16.2. The monoisotopic (exact) mass is 283 g/mol. The normalized spacial score (nSPS) is 24.5. The highest BCUT2D eigenvalue weighted by Crippen LogP contribution is 2.24. The molecule has 0 aromatic carbocycles. The van der Waals surface area contributed by atoms with Crippen LogP contribution in [0.3, 0.4) is 0 Å². The Labute approximate surface area is 119 Å². The third-order valence-electron chi connectivity index (χ3n) is 4.10. The molecular formula is C13H25N5O2. The zero-order valence-corrected chi connectivity index (χ0v) is 11.9. The summed E-state index contributed by atoms with van der Waals surface area (Å²) in [5.41, 5.74) is 4.97. The third-order valence-corrected chi connectivity index (χ3v) is 4.10. The van der Waals surface area contributed by atoms with E-state index in [0.29, 0.717) is 19.1 Å². The smallest absolute Gasteiger partial charge is 0.312 e. The number of nitrogens with zero attached hydrogens (tertiary/aromatic N) is 1. The molecule has 0 saturated carbocycles. The summed E-state index contributed by atoms with van der Waals surface area (Å²) in [4.78, 5) is 25.1. The highest BCUT2D eigenvalue weighted by Gasteiger charge is 2.35. The van der Waals surface area contributed by atoms with Gasteiger partial charge >= 0.3 is 6.03 Å². The van der Waals surface area contributed by atoms with Gasteiger partial charge in [-0.05, 0) is 45.3 Å². The van der Waals surface area contributed by atoms with Gasteiger partial charge in [0.25, 0.3) is 0 Å². The van der Waals surface area contributed by atoms with Gasteiger partial charge in [-0.15, -0.1) is 0 Å². The molecule has 114 valence electrons. The molecule has 1 atom stereocenters. The molecule has 2 fully saturated rings. The van der Waals surface area contributed by atoms with E-state index in [1.54, 1.807) is 0 Å². The maximum atomic E-state index is 12.2. The average Bonchev–Trinajstić information content (AvgIpc) is 2.93. The van der Waals surface area contributed by atoms with E-state index < -0.39 is 6.03 Å². The van der Waals surface area contributed by atoms with Crippen molar-refractivity contribution in [1.29, 1.82) is 0 Å². The predicted octanol–water partition coefficient (Wildman–Crippen LogP) is -1.01. The van der Waals surface area contributed by atoms with Crippen LogP contribution in [0.2, 0.25) is 0 Å². The van der Waals surface area contributed by atoms with Crippen molar-refractivity contribution in [2.45, 2.75) is 37.8 Å². The lowest BCUT2D eigenvalue weighted by Gasteiger charge is -2.35. The molecule has 7 heteroatoms. The molecule has 0 aromatic heterocycles. The van der Waals surface area contributed by atoms with E-state index >= 15 is 0 Å². The van der Waals surface area contributed by atoms with Crippen molar-refractivity contribution in [3.8, 4) is 0 Å². The van der Waals surface area contributed by atoms with Crippen molar-refractivity contribution in [2.24, 2.45) is 5.73 Å². The molecule has 0 spiro atoms. The first kappa shape index (κ1) is 15.1. The van der Waals surface area contributed by atoms with Gasteiger partial charge in [0.2, 0.25) is 5.91 Å².